The smallest absolute Gasteiger partial charge is 0.253 e. The Kier molecular flexibility index (Phi) is 10.4. The Morgan fingerprint density at radius 1 is 0.949 bits per heavy atom. The molecule has 10 heteroatoms. The molecule has 2 amide bonds. The van der Waals surface area contributed by atoms with Gasteiger partial charge in [-0.3, -0.25) is 9.59 Å². The number of benzene rings is 2. The van der Waals surface area contributed by atoms with Crippen molar-refractivity contribution >= 4 is 53.1 Å². The molecule has 0 radical (unpaired) electrons. The molecule has 3 fully saturated rings. The van der Waals surface area contributed by atoms with E-state index in [9.17, 15) is 9.59 Å². The highest BCUT2D eigenvalue weighted by Gasteiger charge is 2.38. The predicted molar refractivity (Wildman–Crippen MR) is 159 cm³/mol. The van der Waals surface area contributed by atoms with Crippen molar-refractivity contribution < 1.29 is 14.3 Å². The molecule has 3 saturated heterocycles. The van der Waals surface area contributed by atoms with E-state index in [-0.39, 0.29) is 42.1 Å². The van der Waals surface area contributed by atoms with E-state index in [1.54, 1.807) is 6.07 Å². The Bertz CT molecular complexity index is 1140. The average Bonchev–Trinajstić information content (AvgIpc) is 2.98. The van der Waals surface area contributed by atoms with Crippen LogP contribution < -0.4 is 10.2 Å². The third-order valence-corrected chi connectivity index (χ3v) is 9.00. The number of carbonyl (C=O) groups is 2. The molecule has 2 aromatic carbocycles. The van der Waals surface area contributed by atoms with Crippen molar-refractivity contribution in [2.45, 2.75) is 31.2 Å². The molecule has 1 N–H and O–H groups in total. The molecule has 3 aliphatic rings. The third-order valence-electron chi connectivity index (χ3n) is 8.26. The fourth-order valence-corrected chi connectivity index (χ4v) is 6.30. The van der Waals surface area contributed by atoms with Crippen LogP contribution in [-0.4, -0.2) is 87.2 Å². The molecule has 3 aliphatic heterocycles. The number of likely N-dealkylation sites (N-methyl/N-ethyl adjacent to an activating group) is 1. The number of nitrogens with zero attached hydrogens (tertiary/aromatic N) is 3. The fraction of sp³-hybridized carbons (Fsp3) is 0.517. The lowest BCUT2D eigenvalue weighted by Gasteiger charge is -2.44. The van der Waals surface area contributed by atoms with E-state index in [1.807, 2.05) is 53.2 Å². The zero-order chi connectivity index (χ0) is 26.6. The Morgan fingerprint density at radius 2 is 1.64 bits per heavy atom. The number of ether oxygens (including phenoxy) is 1. The van der Waals surface area contributed by atoms with Crippen molar-refractivity contribution in [3.05, 3.63) is 63.6 Å². The lowest BCUT2D eigenvalue weighted by atomic mass is 9.84. The second-order valence-corrected chi connectivity index (χ2v) is 11.3. The van der Waals surface area contributed by atoms with E-state index >= 15 is 0 Å². The zero-order valence-electron chi connectivity index (χ0n) is 22.3. The molecular formula is C29H37Cl3N4O3. The summed E-state index contributed by atoms with van der Waals surface area (Å²) in [5, 5.41) is 4.32. The number of halogens is 3. The normalized spacial score (nSPS) is 22.2. The number of hydrogen-bond acceptors (Lipinski definition) is 5. The van der Waals surface area contributed by atoms with E-state index in [2.05, 4.69) is 10.2 Å². The zero-order valence-corrected chi connectivity index (χ0v) is 24.6. The molecule has 0 spiro atoms. The molecule has 7 nitrogen and oxygen atoms in total. The first kappa shape index (κ1) is 29.9. The van der Waals surface area contributed by atoms with Crippen LogP contribution >= 0.6 is 35.6 Å². The van der Waals surface area contributed by atoms with Crippen LogP contribution in [0.4, 0.5) is 5.69 Å². The Balaban J connectivity index is 0.00000353. The summed E-state index contributed by atoms with van der Waals surface area (Å²) in [7, 11) is 1.87. The van der Waals surface area contributed by atoms with Crippen LogP contribution in [0.2, 0.25) is 10.0 Å². The second-order valence-electron chi connectivity index (χ2n) is 10.5. The van der Waals surface area contributed by atoms with Crippen LogP contribution in [-0.2, 0) is 9.53 Å². The van der Waals surface area contributed by atoms with Gasteiger partial charge in [-0.25, -0.2) is 0 Å². The van der Waals surface area contributed by atoms with Gasteiger partial charge in [-0.05, 0) is 74.3 Å². The quantitative estimate of drug-likeness (QED) is 0.543. The lowest BCUT2D eigenvalue weighted by Crippen LogP contribution is -2.53. The molecule has 212 valence electrons. The largest absolute Gasteiger partial charge is 0.378 e. The van der Waals surface area contributed by atoms with Crippen LogP contribution in [0, 0.1) is 5.92 Å². The number of hydrogen-bond donors (Lipinski definition) is 1. The summed E-state index contributed by atoms with van der Waals surface area (Å²) in [6.45, 7) is 6.10. The minimum absolute atomic E-state index is 0. The van der Waals surface area contributed by atoms with Gasteiger partial charge in [-0.1, -0.05) is 29.3 Å². The number of anilines is 1. The summed E-state index contributed by atoms with van der Waals surface area (Å²) in [6, 6.07) is 13.4. The summed E-state index contributed by atoms with van der Waals surface area (Å²) in [4.78, 5) is 33.2. The van der Waals surface area contributed by atoms with Gasteiger partial charge in [0.1, 0.15) is 0 Å². The summed E-state index contributed by atoms with van der Waals surface area (Å²) in [6.07, 6.45) is 2.44. The van der Waals surface area contributed by atoms with E-state index in [0.717, 1.165) is 63.5 Å². The van der Waals surface area contributed by atoms with E-state index in [4.69, 9.17) is 27.9 Å². The number of likely N-dealkylation sites (tertiary alicyclic amines) is 1. The monoisotopic (exact) mass is 594 g/mol. The predicted octanol–water partition coefficient (Wildman–Crippen LogP) is 4.71. The molecular weight excluding hydrogens is 559 g/mol. The number of morpholine rings is 1. The molecule has 0 bridgehead atoms. The van der Waals surface area contributed by atoms with Gasteiger partial charge in [-0.15, -0.1) is 12.4 Å². The summed E-state index contributed by atoms with van der Waals surface area (Å²) in [5.41, 5.74) is 2.76. The summed E-state index contributed by atoms with van der Waals surface area (Å²) >= 11 is 12.6. The SMILES string of the molecule is CN(C(=O)c1ccc(N2CCOCC2)cc1)[C@@H]1CCN(C(=O)C2CCNCC2)C[C@H]1c1ccc(Cl)c(Cl)c1.Cl. The minimum atomic E-state index is -0.0734. The van der Waals surface area contributed by atoms with Gasteiger partial charge < -0.3 is 24.8 Å². The van der Waals surface area contributed by atoms with Crippen molar-refractivity contribution in [2.75, 3.05) is 64.4 Å². The number of rotatable bonds is 5. The number of nitrogens with one attached hydrogen (secondary N) is 1. The van der Waals surface area contributed by atoms with Crippen molar-refractivity contribution in [1.82, 2.24) is 15.1 Å². The molecule has 0 unspecified atom stereocenters. The van der Waals surface area contributed by atoms with Crippen LogP contribution in [0.1, 0.15) is 41.1 Å². The molecule has 3 heterocycles. The van der Waals surface area contributed by atoms with Gasteiger partial charge in [-0.2, -0.15) is 0 Å². The maximum absolute atomic E-state index is 13.6. The van der Waals surface area contributed by atoms with Gasteiger partial charge in [0.15, 0.2) is 0 Å². The summed E-state index contributed by atoms with van der Waals surface area (Å²) in [5.74, 6) is 0.201. The standard InChI is InChI=1S/C29H36Cl2N4O3.ClH/c1-33(28(36)20-2-5-23(6-3-20)34-14-16-38-17-15-34)27-10-13-35(29(37)21-8-11-32-12-9-21)19-24(27)22-4-7-25(30)26(31)18-22;/h2-7,18,21,24,27,32H,8-17,19H2,1H3;1H/t24-,27+;/m0./s1. The maximum Gasteiger partial charge on any atom is 0.253 e. The van der Waals surface area contributed by atoms with Gasteiger partial charge in [0.05, 0.1) is 23.3 Å². The van der Waals surface area contributed by atoms with E-state index in [1.165, 1.54) is 0 Å². The fourth-order valence-electron chi connectivity index (χ4n) is 5.99. The van der Waals surface area contributed by atoms with Crippen LogP contribution in [0.15, 0.2) is 42.5 Å². The van der Waals surface area contributed by atoms with Crippen LogP contribution in [0.25, 0.3) is 0 Å². The highest BCUT2D eigenvalue weighted by molar-refractivity contribution is 6.42. The molecule has 0 aromatic heterocycles. The Labute approximate surface area is 247 Å². The van der Waals surface area contributed by atoms with Crippen molar-refractivity contribution in [3.8, 4) is 0 Å². The van der Waals surface area contributed by atoms with Crippen LogP contribution in [0.3, 0.4) is 0 Å². The lowest BCUT2D eigenvalue weighted by molar-refractivity contribution is -0.138. The molecule has 2 atom stereocenters. The first-order valence-electron chi connectivity index (χ1n) is 13.6. The van der Waals surface area contributed by atoms with Crippen LogP contribution in [0.5, 0.6) is 0 Å². The molecule has 5 rings (SSSR count). The number of piperidine rings is 2. The Morgan fingerprint density at radius 3 is 2.31 bits per heavy atom. The Hall–Kier alpha value is -2.03. The van der Waals surface area contributed by atoms with Crippen molar-refractivity contribution in [2.24, 2.45) is 5.92 Å². The molecule has 39 heavy (non-hydrogen) atoms. The van der Waals surface area contributed by atoms with E-state index in [0.29, 0.717) is 35.1 Å². The van der Waals surface area contributed by atoms with Crippen molar-refractivity contribution in [3.63, 3.8) is 0 Å². The number of amides is 2. The number of carbonyl (C=O) groups excluding carboxylic acids is 2. The third kappa shape index (κ3) is 6.83. The first-order valence-corrected chi connectivity index (χ1v) is 14.3. The maximum atomic E-state index is 13.6. The topological polar surface area (TPSA) is 65.1 Å². The molecule has 0 aliphatic carbocycles. The molecule has 0 saturated carbocycles. The molecule has 2 aromatic rings. The van der Waals surface area contributed by atoms with Crippen molar-refractivity contribution in [1.29, 1.82) is 0 Å². The minimum Gasteiger partial charge on any atom is -0.378 e. The first-order chi connectivity index (χ1) is 18.4. The van der Waals surface area contributed by atoms with Gasteiger partial charge >= 0.3 is 0 Å². The van der Waals surface area contributed by atoms with Gasteiger partial charge in [0.2, 0.25) is 5.91 Å². The average molecular weight is 596 g/mol. The second kappa shape index (κ2) is 13.6. The van der Waals surface area contributed by atoms with Gasteiger partial charge in [0, 0.05) is 62.4 Å². The van der Waals surface area contributed by atoms with Gasteiger partial charge in [0.25, 0.3) is 5.91 Å². The summed E-state index contributed by atoms with van der Waals surface area (Å²) < 4.78 is 5.45. The highest BCUT2D eigenvalue weighted by atomic mass is 35.5. The van der Waals surface area contributed by atoms with E-state index < -0.39 is 0 Å². The highest BCUT2D eigenvalue weighted by Crippen LogP contribution is 2.35.